The number of ether oxygens (including phenoxy) is 1. The van der Waals surface area contributed by atoms with Crippen LogP contribution < -0.4 is 5.73 Å². The normalized spacial score (nSPS) is 11.3. The van der Waals surface area contributed by atoms with Gasteiger partial charge < -0.3 is 10.5 Å². The van der Waals surface area contributed by atoms with E-state index < -0.39 is 5.41 Å². The lowest BCUT2D eigenvalue weighted by molar-refractivity contribution is -0.149. The van der Waals surface area contributed by atoms with Gasteiger partial charge in [-0.3, -0.25) is 4.79 Å². The lowest BCUT2D eigenvalue weighted by Gasteiger charge is -2.21. The van der Waals surface area contributed by atoms with E-state index in [2.05, 4.69) is 0 Å². The molecule has 0 aliphatic carbocycles. The molecule has 0 bridgehead atoms. The summed E-state index contributed by atoms with van der Waals surface area (Å²) >= 11 is 1.59. The summed E-state index contributed by atoms with van der Waals surface area (Å²) in [6, 6.07) is 5.90. The summed E-state index contributed by atoms with van der Waals surface area (Å²) in [5.74, 6) is 0.448. The van der Waals surface area contributed by atoms with Crippen molar-refractivity contribution in [3.05, 3.63) is 23.8 Å². The maximum atomic E-state index is 11.5. The molecule has 0 saturated heterocycles. The van der Waals surface area contributed by atoms with Crippen LogP contribution in [0.5, 0.6) is 0 Å². The lowest BCUT2D eigenvalue weighted by atomic mass is 9.97. The highest BCUT2D eigenvalue weighted by molar-refractivity contribution is 7.99. The second-order valence-electron chi connectivity index (χ2n) is 4.71. The number of hydrogen-bond acceptors (Lipinski definition) is 4. The van der Waals surface area contributed by atoms with Gasteiger partial charge in [-0.25, -0.2) is 0 Å². The van der Waals surface area contributed by atoms with E-state index in [0.717, 1.165) is 16.1 Å². The summed E-state index contributed by atoms with van der Waals surface area (Å²) in [6.07, 6.45) is 0. The molecule has 0 unspecified atom stereocenters. The lowest BCUT2D eigenvalue weighted by Crippen LogP contribution is -2.28. The van der Waals surface area contributed by atoms with E-state index in [-0.39, 0.29) is 5.97 Å². The number of nitrogen functional groups attached to an aromatic ring is 1. The first-order valence-electron chi connectivity index (χ1n) is 5.44. The van der Waals surface area contributed by atoms with Crippen LogP contribution in [0.4, 0.5) is 5.69 Å². The Hall–Kier alpha value is -1.16. The number of benzene rings is 1. The highest BCUT2D eigenvalue weighted by Crippen LogP contribution is 2.32. The van der Waals surface area contributed by atoms with Crippen LogP contribution in [0.25, 0.3) is 0 Å². The van der Waals surface area contributed by atoms with E-state index in [1.54, 1.807) is 11.8 Å². The van der Waals surface area contributed by atoms with Crippen molar-refractivity contribution in [3.63, 3.8) is 0 Å². The third-order valence-electron chi connectivity index (χ3n) is 2.50. The van der Waals surface area contributed by atoms with Crippen molar-refractivity contribution in [2.75, 3.05) is 18.6 Å². The predicted molar refractivity (Wildman–Crippen MR) is 72.1 cm³/mol. The molecule has 0 heterocycles. The maximum Gasteiger partial charge on any atom is 0.312 e. The van der Waals surface area contributed by atoms with Crippen molar-refractivity contribution in [2.24, 2.45) is 5.41 Å². The first kappa shape index (κ1) is 13.9. The number of aryl methyl sites for hydroxylation is 1. The number of esters is 1. The molecule has 3 nitrogen and oxygen atoms in total. The van der Waals surface area contributed by atoms with Crippen LogP contribution in [0.2, 0.25) is 0 Å². The Kier molecular flexibility index (Phi) is 4.46. The number of methoxy groups -OCH3 is 1. The highest BCUT2D eigenvalue weighted by atomic mass is 32.2. The molecular formula is C13H19NO2S. The predicted octanol–water partition coefficient (Wildman–Crippen LogP) is 2.87. The van der Waals surface area contributed by atoms with Crippen LogP contribution in [-0.2, 0) is 9.53 Å². The molecule has 1 aromatic carbocycles. The van der Waals surface area contributed by atoms with E-state index in [9.17, 15) is 4.79 Å². The van der Waals surface area contributed by atoms with Gasteiger partial charge in [0.1, 0.15) is 0 Å². The van der Waals surface area contributed by atoms with Gasteiger partial charge in [-0.2, -0.15) is 0 Å². The number of nitrogens with two attached hydrogens (primary N) is 1. The maximum absolute atomic E-state index is 11.5. The van der Waals surface area contributed by atoms with Gasteiger partial charge >= 0.3 is 5.97 Å². The van der Waals surface area contributed by atoms with Gasteiger partial charge in [0.2, 0.25) is 0 Å². The monoisotopic (exact) mass is 253 g/mol. The largest absolute Gasteiger partial charge is 0.469 e. The molecule has 0 spiro atoms. The Morgan fingerprint density at radius 1 is 1.47 bits per heavy atom. The third kappa shape index (κ3) is 3.66. The molecule has 0 fully saturated rings. The van der Waals surface area contributed by atoms with Crippen molar-refractivity contribution < 1.29 is 9.53 Å². The Bertz CT molecular complexity index is 416. The Balaban J connectivity index is 2.73. The van der Waals surface area contributed by atoms with Crippen LogP contribution in [0.15, 0.2) is 23.1 Å². The summed E-state index contributed by atoms with van der Waals surface area (Å²) < 4.78 is 4.77. The van der Waals surface area contributed by atoms with Crippen LogP contribution in [0.3, 0.4) is 0 Å². The van der Waals surface area contributed by atoms with Gasteiger partial charge in [-0.05, 0) is 38.5 Å². The summed E-state index contributed by atoms with van der Waals surface area (Å²) in [7, 11) is 1.41. The molecule has 1 aromatic rings. The molecule has 4 heteroatoms. The van der Waals surface area contributed by atoms with Crippen LogP contribution >= 0.6 is 11.8 Å². The van der Waals surface area contributed by atoms with Crippen molar-refractivity contribution >= 4 is 23.4 Å². The van der Waals surface area contributed by atoms with Gasteiger partial charge in [0.25, 0.3) is 0 Å². The molecule has 2 N–H and O–H groups in total. The zero-order valence-electron chi connectivity index (χ0n) is 10.7. The smallest absolute Gasteiger partial charge is 0.312 e. The minimum atomic E-state index is -0.504. The van der Waals surface area contributed by atoms with Gasteiger partial charge in [0.15, 0.2) is 0 Å². The van der Waals surface area contributed by atoms with Gasteiger partial charge in [0, 0.05) is 16.3 Å². The molecule has 0 saturated carbocycles. The van der Waals surface area contributed by atoms with Crippen LogP contribution in [-0.4, -0.2) is 18.8 Å². The number of hydrogen-bond donors (Lipinski definition) is 1. The Morgan fingerprint density at radius 2 is 2.12 bits per heavy atom. The van der Waals surface area contributed by atoms with Crippen molar-refractivity contribution in [2.45, 2.75) is 25.7 Å². The van der Waals surface area contributed by atoms with Crippen molar-refractivity contribution in [1.29, 1.82) is 0 Å². The van der Waals surface area contributed by atoms with Crippen LogP contribution in [0, 0.1) is 12.3 Å². The topological polar surface area (TPSA) is 52.3 Å². The van der Waals surface area contributed by atoms with E-state index in [1.807, 2.05) is 39.0 Å². The molecule has 0 amide bonds. The summed E-state index contributed by atoms with van der Waals surface area (Å²) in [5.41, 5.74) is 7.30. The van der Waals surface area contributed by atoms with Crippen molar-refractivity contribution in [1.82, 2.24) is 0 Å². The Morgan fingerprint density at radius 3 is 2.71 bits per heavy atom. The molecule has 17 heavy (non-hydrogen) atoms. The van der Waals surface area contributed by atoms with Crippen molar-refractivity contribution in [3.8, 4) is 0 Å². The summed E-state index contributed by atoms with van der Waals surface area (Å²) in [4.78, 5) is 12.6. The standard InChI is InChI=1S/C13H19NO2S/c1-9-5-6-10(14)11(7-9)17-8-13(2,3)12(15)16-4/h5-7H,8,14H2,1-4H3. The van der Waals surface area contributed by atoms with E-state index in [0.29, 0.717) is 5.75 Å². The molecule has 0 aromatic heterocycles. The quantitative estimate of drug-likeness (QED) is 0.509. The number of rotatable bonds is 4. The van der Waals surface area contributed by atoms with E-state index in [1.165, 1.54) is 7.11 Å². The highest BCUT2D eigenvalue weighted by Gasteiger charge is 2.28. The zero-order valence-corrected chi connectivity index (χ0v) is 11.6. The number of thioether (sulfide) groups is 1. The summed E-state index contributed by atoms with van der Waals surface area (Å²) in [6.45, 7) is 5.77. The number of carbonyl (C=O) groups excluding carboxylic acids is 1. The second kappa shape index (κ2) is 5.45. The molecule has 0 aliphatic rings. The molecule has 0 aliphatic heterocycles. The SMILES string of the molecule is COC(=O)C(C)(C)CSc1cc(C)ccc1N. The van der Waals surface area contributed by atoms with Crippen LogP contribution in [0.1, 0.15) is 19.4 Å². The fraction of sp³-hybridized carbons (Fsp3) is 0.462. The fourth-order valence-electron chi connectivity index (χ4n) is 1.36. The fourth-order valence-corrected chi connectivity index (χ4v) is 2.50. The van der Waals surface area contributed by atoms with E-state index >= 15 is 0 Å². The number of anilines is 1. The molecule has 0 atom stereocenters. The van der Waals surface area contributed by atoms with Gasteiger partial charge in [-0.15, -0.1) is 11.8 Å². The minimum absolute atomic E-state index is 0.198. The minimum Gasteiger partial charge on any atom is -0.469 e. The van der Waals surface area contributed by atoms with Gasteiger partial charge in [0.05, 0.1) is 12.5 Å². The zero-order chi connectivity index (χ0) is 13.1. The van der Waals surface area contributed by atoms with E-state index in [4.69, 9.17) is 10.5 Å². The molecule has 0 radical (unpaired) electrons. The number of carbonyl (C=O) groups is 1. The molecule has 1 rings (SSSR count). The first-order chi connectivity index (χ1) is 7.86. The Labute approximate surface area is 107 Å². The first-order valence-corrected chi connectivity index (χ1v) is 6.43. The second-order valence-corrected chi connectivity index (χ2v) is 5.72. The third-order valence-corrected chi connectivity index (χ3v) is 4.03. The average Bonchev–Trinajstić information content (AvgIpc) is 2.29. The average molecular weight is 253 g/mol. The molecular weight excluding hydrogens is 234 g/mol. The molecule has 94 valence electrons. The van der Waals surface area contributed by atoms with Gasteiger partial charge in [-0.1, -0.05) is 6.07 Å². The summed E-state index contributed by atoms with van der Waals surface area (Å²) in [5, 5.41) is 0.